The number of aliphatic imine (C=N–C) groups is 2. The van der Waals surface area contributed by atoms with Gasteiger partial charge in [0, 0.05) is 35.5 Å². The van der Waals surface area contributed by atoms with E-state index >= 15 is 0 Å². The van der Waals surface area contributed by atoms with Crippen molar-refractivity contribution in [2.75, 3.05) is 0 Å². The van der Waals surface area contributed by atoms with Crippen molar-refractivity contribution < 1.29 is 46.8 Å². The van der Waals surface area contributed by atoms with Crippen LogP contribution in [0.1, 0.15) is 139 Å². The van der Waals surface area contributed by atoms with Gasteiger partial charge in [0.15, 0.2) is 0 Å². The average molecular weight is 668 g/mol. The van der Waals surface area contributed by atoms with Crippen LogP contribution in [0, 0.1) is 0 Å². The van der Waals surface area contributed by atoms with Crippen LogP contribution in [0.3, 0.4) is 0 Å². The van der Waals surface area contributed by atoms with Gasteiger partial charge in [0.05, 0.1) is 12.1 Å². The number of hydrogen-bond acceptors (Lipinski definition) is 8. The Balaban J connectivity index is 0.00000192. The van der Waals surface area contributed by atoms with Gasteiger partial charge in [-0.3, -0.25) is 9.98 Å². The fourth-order valence-electron chi connectivity index (χ4n) is 5.16. The van der Waals surface area contributed by atoms with Crippen molar-refractivity contribution in [1.29, 1.82) is 0 Å². The van der Waals surface area contributed by atoms with Crippen molar-refractivity contribution in [3.05, 3.63) is 57.6 Å². The minimum atomic E-state index is -1.08. The van der Waals surface area contributed by atoms with E-state index in [0.29, 0.717) is 11.5 Å². The van der Waals surface area contributed by atoms with Gasteiger partial charge in [0.1, 0.15) is 11.5 Å². The molecule has 9 heteroatoms. The van der Waals surface area contributed by atoms with Crippen molar-refractivity contribution in [3.8, 4) is 11.5 Å². The average Bonchev–Trinajstić information content (AvgIpc) is 2.93. The first kappa shape index (κ1) is 41.8. The standard InChI is InChI=1S/C32H46N2O2.2C2H4O2.Co/c1-7-9-23-15-25(31(35)29(17-23)21(3)4)19-33-27-11-13-28(14-12-27)34-20-26-16-24(10-8-2)18-30(22(5)6)32(26)36;2*1-2(3)4;/h15-22,27-28,35-36H,7-14H2,1-6H3;2*1H3,(H,3,4);/q;;;+2/p-2. The summed E-state index contributed by atoms with van der Waals surface area (Å²) in [6, 6.07) is 9.00. The number of phenols is 2. The second-order valence-electron chi connectivity index (χ2n) is 12.1. The third-order valence-electron chi connectivity index (χ3n) is 7.29. The maximum absolute atomic E-state index is 10.8. The largest absolute Gasteiger partial charge is 2.00 e. The first-order chi connectivity index (χ1) is 20.7. The Morgan fingerprint density at radius 1 is 0.733 bits per heavy atom. The van der Waals surface area contributed by atoms with Crippen LogP contribution >= 0.6 is 0 Å². The molecule has 2 aromatic carbocycles. The maximum atomic E-state index is 10.8. The third kappa shape index (κ3) is 15.6. The molecule has 3 rings (SSSR count). The van der Waals surface area contributed by atoms with Gasteiger partial charge < -0.3 is 30.0 Å². The molecular formula is C36H52CoN2O6. The van der Waals surface area contributed by atoms with E-state index in [-0.39, 0.29) is 40.7 Å². The first-order valence-corrected chi connectivity index (χ1v) is 15.8. The molecule has 0 aliphatic heterocycles. The molecule has 0 amide bonds. The molecule has 251 valence electrons. The predicted molar refractivity (Wildman–Crippen MR) is 175 cm³/mol. The SMILES string of the molecule is CC(=O)[O-].CC(=O)[O-].CCCc1cc(C=NC2CCC(N=Cc3cc(CCC)cc(C(C)C)c3O)CC2)c(O)c(C(C)C)c1.[Co+2]. The summed E-state index contributed by atoms with van der Waals surface area (Å²) in [4.78, 5) is 27.5. The molecule has 0 spiro atoms. The monoisotopic (exact) mass is 667 g/mol. The molecule has 1 aliphatic rings. The van der Waals surface area contributed by atoms with Gasteiger partial charge in [-0.1, -0.05) is 66.5 Å². The van der Waals surface area contributed by atoms with Gasteiger partial charge in [-0.25, -0.2) is 0 Å². The number of carboxylic acids is 2. The molecule has 1 radical (unpaired) electrons. The smallest absolute Gasteiger partial charge is 0.550 e. The molecule has 1 saturated carbocycles. The summed E-state index contributed by atoms with van der Waals surface area (Å²) in [5.41, 5.74) is 6.23. The number of aryl methyl sites for hydroxylation is 2. The van der Waals surface area contributed by atoms with Crippen molar-refractivity contribution in [2.24, 2.45) is 9.98 Å². The second kappa shape index (κ2) is 21.5. The Bertz CT molecular complexity index is 1160. The number of aromatic hydroxyl groups is 2. The minimum absolute atomic E-state index is 0. The molecule has 0 unspecified atom stereocenters. The quantitative estimate of drug-likeness (QED) is 0.315. The molecule has 0 atom stereocenters. The zero-order valence-electron chi connectivity index (χ0n) is 28.2. The summed E-state index contributed by atoms with van der Waals surface area (Å²) >= 11 is 0. The molecule has 0 aromatic heterocycles. The van der Waals surface area contributed by atoms with Crippen LogP contribution in [0.25, 0.3) is 0 Å². The van der Waals surface area contributed by atoms with Crippen molar-refractivity contribution in [1.82, 2.24) is 0 Å². The van der Waals surface area contributed by atoms with Crippen LogP contribution in [0.5, 0.6) is 11.5 Å². The maximum Gasteiger partial charge on any atom is 2.00 e. The molecule has 1 aliphatic carbocycles. The Morgan fingerprint density at radius 3 is 1.27 bits per heavy atom. The van der Waals surface area contributed by atoms with E-state index in [1.54, 1.807) is 0 Å². The molecule has 1 fully saturated rings. The van der Waals surface area contributed by atoms with Crippen LogP contribution in [-0.4, -0.2) is 46.7 Å². The number of carbonyl (C=O) groups is 2. The van der Waals surface area contributed by atoms with Crippen molar-refractivity contribution in [2.45, 2.75) is 131 Å². The number of hydrogen-bond donors (Lipinski definition) is 2. The third-order valence-corrected chi connectivity index (χ3v) is 7.29. The Morgan fingerprint density at radius 2 is 1.02 bits per heavy atom. The van der Waals surface area contributed by atoms with Gasteiger partial charge in [0.2, 0.25) is 0 Å². The minimum Gasteiger partial charge on any atom is -0.550 e. The molecule has 2 N–H and O–H groups in total. The zero-order valence-corrected chi connectivity index (χ0v) is 29.2. The summed E-state index contributed by atoms with van der Waals surface area (Å²) in [6.07, 6.45) is 11.9. The Hall–Kier alpha value is -3.17. The number of nitrogens with zero attached hydrogens (tertiary/aromatic N) is 2. The molecule has 0 bridgehead atoms. The summed E-state index contributed by atoms with van der Waals surface area (Å²) < 4.78 is 0. The normalized spacial score (nSPS) is 16.1. The summed E-state index contributed by atoms with van der Waals surface area (Å²) in [5, 5.41) is 39.4. The van der Waals surface area contributed by atoms with E-state index in [0.717, 1.165) is 87.5 Å². The Labute approximate surface area is 280 Å². The van der Waals surface area contributed by atoms with Crippen LogP contribution in [0.4, 0.5) is 0 Å². The number of benzene rings is 2. The van der Waals surface area contributed by atoms with Gasteiger partial charge >= 0.3 is 16.8 Å². The van der Waals surface area contributed by atoms with E-state index in [1.165, 1.54) is 11.1 Å². The number of rotatable bonds is 10. The zero-order chi connectivity index (χ0) is 33.4. The fourth-order valence-corrected chi connectivity index (χ4v) is 5.16. The van der Waals surface area contributed by atoms with E-state index < -0.39 is 11.9 Å². The van der Waals surface area contributed by atoms with Crippen LogP contribution in [-0.2, 0) is 39.2 Å². The number of carbonyl (C=O) groups excluding carboxylic acids is 2. The van der Waals surface area contributed by atoms with Gasteiger partial charge in [0.25, 0.3) is 0 Å². The Kier molecular flexibility index (Phi) is 20.0. The van der Waals surface area contributed by atoms with Crippen molar-refractivity contribution >= 4 is 24.4 Å². The molecular weight excluding hydrogens is 615 g/mol. The summed E-state index contributed by atoms with van der Waals surface area (Å²) in [7, 11) is 0. The number of aliphatic carboxylic acids is 2. The fraction of sp³-hybridized carbons (Fsp3) is 0.556. The number of carboxylic acid groups (broad SMARTS) is 2. The molecule has 0 saturated heterocycles. The van der Waals surface area contributed by atoms with Gasteiger partial charge in [-0.05, 0) is 98.6 Å². The summed E-state index contributed by atoms with van der Waals surface area (Å²) in [6.45, 7) is 14.8. The van der Waals surface area contributed by atoms with E-state index in [2.05, 4.69) is 65.8 Å². The molecule has 2 aromatic rings. The van der Waals surface area contributed by atoms with E-state index in [9.17, 15) is 10.2 Å². The topological polar surface area (TPSA) is 145 Å². The van der Waals surface area contributed by atoms with Crippen LogP contribution in [0.2, 0.25) is 0 Å². The molecule has 0 heterocycles. The predicted octanol–water partition coefficient (Wildman–Crippen LogP) is 5.61. The second-order valence-corrected chi connectivity index (χ2v) is 12.1. The van der Waals surface area contributed by atoms with Crippen LogP contribution in [0.15, 0.2) is 34.3 Å². The number of phenolic OH excluding ortho intramolecular Hbond substituents is 2. The molecule has 8 nitrogen and oxygen atoms in total. The van der Waals surface area contributed by atoms with E-state index in [1.807, 2.05) is 12.4 Å². The van der Waals surface area contributed by atoms with Crippen LogP contribution < -0.4 is 10.2 Å². The van der Waals surface area contributed by atoms with Gasteiger partial charge in [-0.2, -0.15) is 0 Å². The van der Waals surface area contributed by atoms with Crippen molar-refractivity contribution in [3.63, 3.8) is 0 Å². The van der Waals surface area contributed by atoms with Gasteiger partial charge in [-0.15, -0.1) is 0 Å². The summed E-state index contributed by atoms with van der Waals surface area (Å²) in [5.74, 6) is -0.863. The van der Waals surface area contributed by atoms with E-state index in [4.69, 9.17) is 29.8 Å². The first-order valence-electron chi connectivity index (χ1n) is 15.8. The molecule has 45 heavy (non-hydrogen) atoms.